The Bertz CT molecular complexity index is 361. The summed E-state index contributed by atoms with van der Waals surface area (Å²) in [4.78, 5) is 5.34. The largest absolute Gasteiger partial charge is 0.502 e. The number of rotatable bonds is 10. The van der Waals surface area contributed by atoms with Gasteiger partial charge in [0.1, 0.15) is 0 Å². The van der Waals surface area contributed by atoms with E-state index in [1.807, 2.05) is 20.8 Å². The molecule has 1 rings (SSSR count). The van der Waals surface area contributed by atoms with Gasteiger partial charge < -0.3 is 18.2 Å². The molecule has 1 heterocycles. The van der Waals surface area contributed by atoms with Crippen molar-refractivity contribution in [1.29, 1.82) is 0 Å². The van der Waals surface area contributed by atoms with Gasteiger partial charge >= 0.3 is 8.80 Å². The predicted molar refractivity (Wildman–Crippen MR) is 111 cm³/mol. The summed E-state index contributed by atoms with van der Waals surface area (Å²) in [6, 6.07) is 0.898. The average molecular weight is 391 g/mol. The zero-order chi connectivity index (χ0) is 19.1. The molecule has 7 heteroatoms. The topological polar surface area (TPSA) is 34.2 Å². The van der Waals surface area contributed by atoms with Gasteiger partial charge in [0.25, 0.3) is 0 Å². The molecule has 1 atom stereocenters. The molecule has 25 heavy (non-hydrogen) atoms. The second-order valence-corrected chi connectivity index (χ2v) is 14.2. The van der Waals surface area contributed by atoms with Gasteiger partial charge in [0.15, 0.2) is 0 Å². The first-order chi connectivity index (χ1) is 11.7. The minimum Gasteiger partial charge on any atom is -0.374 e. The first-order valence-corrected chi connectivity index (χ1v) is 15.0. The van der Waals surface area contributed by atoms with Crippen LogP contribution >= 0.6 is 0 Å². The maximum Gasteiger partial charge on any atom is 0.502 e. The van der Waals surface area contributed by atoms with E-state index in [1.165, 1.54) is 6.54 Å². The second-order valence-electron chi connectivity index (χ2n) is 8.20. The molecule has 0 N–H and O–H groups in total. The molecule has 0 radical (unpaired) electrons. The average Bonchev–Trinajstić information content (AvgIpc) is 2.52. The molecule has 0 saturated carbocycles. The third-order valence-electron chi connectivity index (χ3n) is 5.05. The lowest BCUT2D eigenvalue weighted by atomic mass is 10.0. The molecular formula is C18H42N2O3Si2. The van der Waals surface area contributed by atoms with Crippen LogP contribution in [0.15, 0.2) is 0 Å². The Labute approximate surface area is 159 Å². The van der Waals surface area contributed by atoms with Crippen molar-refractivity contribution >= 4 is 17.6 Å². The third kappa shape index (κ3) is 7.05. The summed E-state index contributed by atoms with van der Waals surface area (Å²) in [6.45, 7) is 24.5. The molecule has 1 aliphatic rings. The van der Waals surface area contributed by atoms with Gasteiger partial charge in [-0.25, -0.2) is 0 Å². The number of hydrogen-bond donors (Lipinski definition) is 0. The minimum absolute atomic E-state index is 0.258. The van der Waals surface area contributed by atoms with Crippen LogP contribution in [0, 0.1) is 0 Å². The molecule has 1 fully saturated rings. The van der Waals surface area contributed by atoms with Crippen molar-refractivity contribution < 1.29 is 13.3 Å². The Morgan fingerprint density at radius 2 is 1.48 bits per heavy atom. The van der Waals surface area contributed by atoms with E-state index in [1.54, 1.807) is 0 Å². The van der Waals surface area contributed by atoms with Crippen LogP contribution in [-0.4, -0.2) is 84.6 Å². The van der Waals surface area contributed by atoms with Gasteiger partial charge in [0.2, 0.25) is 0 Å². The molecule has 150 valence electrons. The van der Waals surface area contributed by atoms with Crippen molar-refractivity contribution in [3.8, 4) is 0 Å². The predicted octanol–water partition coefficient (Wildman–Crippen LogP) is 2.85. The van der Waals surface area contributed by atoms with E-state index in [4.69, 9.17) is 13.3 Å². The lowest BCUT2D eigenvalue weighted by Gasteiger charge is -2.48. The van der Waals surface area contributed by atoms with Gasteiger partial charge in [-0.05, 0) is 41.5 Å². The van der Waals surface area contributed by atoms with E-state index in [-0.39, 0.29) is 5.54 Å². The number of nitrogens with zero attached hydrogens (tertiary/aromatic N) is 2. The van der Waals surface area contributed by atoms with Crippen molar-refractivity contribution in [2.24, 2.45) is 0 Å². The molecule has 0 aliphatic carbocycles. The summed E-state index contributed by atoms with van der Waals surface area (Å²) in [5.74, 6) is 0. The fraction of sp³-hybridized carbons (Fsp3) is 1.00. The van der Waals surface area contributed by atoms with E-state index in [2.05, 4.69) is 43.7 Å². The number of hydrogen-bond acceptors (Lipinski definition) is 5. The van der Waals surface area contributed by atoms with Crippen molar-refractivity contribution in [2.75, 3.05) is 46.0 Å². The molecule has 5 nitrogen and oxygen atoms in total. The fourth-order valence-corrected chi connectivity index (χ4v) is 8.03. The van der Waals surface area contributed by atoms with E-state index < -0.39 is 17.6 Å². The molecule has 1 unspecified atom stereocenters. The number of piperazine rings is 1. The fourth-order valence-electron chi connectivity index (χ4n) is 3.65. The van der Waals surface area contributed by atoms with Crippen LogP contribution in [0.3, 0.4) is 0 Å². The van der Waals surface area contributed by atoms with Crippen LogP contribution in [-0.2, 0) is 13.3 Å². The maximum absolute atomic E-state index is 6.04. The van der Waals surface area contributed by atoms with Gasteiger partial charge in [-0.2, -0.15) is 0 Å². The van der Waals surface area contributed by atoms with Crippen LogP contribution in [0.1, 0.15) is 41.5 Å². The van der Waals surface area contributed by atoms with Gasteiger partial charge in [0.05, 0.1) is 8.80 Å². The summed E-state index contributed by atoms with van der Waals surface area (Å²) >= 11 is 0. The SMILES string of the molecule is CCO[Si](CCN1CCN(C(C)(C)C)CC1[SiH](C)C)(OCC)OCC. The zero-order valence-corrected chi connectivity index (χ0v) is 20.1. The summed E-state index contributed by atoms with van der Waals surface area (Å²) < 4.78 is 18.1. The second kappa shape index (κ2) is 10.5. The van der Waals surface area contributed by atoms with Crippen LogP contribution in [0.4, 0.5) is 0 Å². The highest BCUT2D eigenvalue weighted by molar-refractivity contribution is 6.61. The quantitative estimate of drug-likeness (QED) is 0.536. The van der Waals surface area contributed by atoms with Crippen molar-refractivity contribution in [1.82, 2.24) is 9.80 Å². The summed E-state index contributed by atoms with van der Waals surface area (Å²) in [7, 11) is -3.31. The van der Waals surface area contributed by atoms with E-state index in [0.717, 1.165) is 25.7 Å². The van der Waals surface area contributed by atoms with E-state index >= 15 is 0 Å². The molecule has 0 amide bonds. The lowest BCUT2D eigenvalue weighted by Crippen LogP contribution is -2.62. The summed E-state index contributed by atoms with van der Waals surface area (Å²) in [5, 5.41) is 0. The van der Waals surface area contributed by atoms with Crippen molar-refractivity contribution in [3.05, 3.63) is 0 Å². The highest BCUT2D eigenvalue weighted by Gasteiger charge is 2.42. The maximum atomic E-state index is 6.04. The van der Waals surface area contributed by atoms with E-state index in [9.17, 15) is 0 Å². The van der Waals surface area contributed by atoms with Gasteiger partial charge in [-0.15, -0.1) is 0 Å². The molecule has 0 bridgehead atoms. The molecular weight excluding hydrogens is 348 g/mol. The standard InChI is InChI=1S/C18H42N2O3Si2/c1-9-21-25(22-10-2,23-11-3)15-14-19-12-13-20(18(4,5)6)16-17(19)24(7)8/h17,24H,9-16H2,1-8H3. The first-order valence-electron chi connectivity index (χ1n) is 10.1. The van der Waals surface area contributed by atoms with Crippen molar-refractivity contribution in [2.45, 2.75) is 71.9 Å². The summed E-state index contributed by atoms with van der Waals surface area (Å²) in [5.41, 5.74) is 0.971. The van der Waals surface area contributed by atoms with Crippen LogP contribution in [0.2, 0.25) is 19.1 Å². The normalized spacial score (nSPS) is 21.2. The third-order valence-corrected chi connectivity index (χ3v) is 10.2. The van der Waals surface area contributed by atoms with Crippen molar-refractivity contribution in [3.63, 3.8) is 0 Å². The molecule has 0 aromatic rings. The highest BCUT2D eigenvalue weighted by Crippen LogP contribution is 2.23. The first kappa shape index (κ1) is 23.3. The Balaban J connectivity index is 2.77. The molecule has 1 aliphatic heterocycles. The summed E-state index contributed by atoms with van der Waals surface area (Å²) in [6.07, 6.45) is 0. The Hall–Kier alpha value is 0.234. The van der Waals surface area contributed by atoms with Gasteiger partial charge in [0, 0.05) is 63.2 Å². The molecule has 0 aromatic carbocycles. The Kier molecular flexibility index (Phi) is 9.81. The Morgan fingerprint density at radius 3 is 1.88 bits per heavy atom. The monoisotopic (exact) mass is 390 g/mol. The van der Waals surface area contributed by atoms with Crippen LogP contribution in [0.25, 0.3) is 0 Å². The van der Waals surface area contributed by atoms with Crippen LogP contribution < -0.4 is 0 Å². The van der Waals surface area contributed by atoms with Gasteiger partial charge in [-0.3, -0.25) is 4.90 Å². The highest BCUT2D eigenvalue weighted by atomic mass is 28.4. The molecule has 0 aromatic heterocycles. The minimum atomic E-state index is -2.54. The lowest BCUT2D eigenvalue weighted by molar-refractivity contribution is 0.0390. The smallest absolute Gasteiger partial charge is 0.374 e. The van der Waals surface area contributed by atoms with Crippen LogP contribution in [0.5, 0.6) is 0 Å². The zero-order valence-electron chi connectivity index (χ0n) is 17.9. The molecule has 1 saturated heterocycles. The van der Waals surface area contributed by atoms with Gasteiger partial charge in [-0.1, -0.05) is 13.1 Å². The molecule has 0 spiro atoms. The Morgan fingerprint density at radius 1 is 0.960 bits per heavy atom. The van der Waals surface area contributed by atoms with E-state index in [0.29, 0.717) is 25.5 Å².